The molecular formula is C11H19F3N2O. The number of nitrogens with one attached hydrogen (secondary N) is 1. The predicted octanol–water partition coefficient (Wildman–Crippen LogP) is 1.96. The summed E-state index contributed by atoms with van der Waals surface area (Å²) in [5.74, 6) is -0.183. The van der Waals surface area contributed by atoms with E-state index in [-0.39, 0.29) is 24.3 Å². The van der Waals surface area contributed by atoms with Crippen LogP contribution in [-0.2, 0) is 4.79 Å². The first-order valence-corrected chi connectivity index (χ1v) is 5.90. The number of hydrogen-bond acceptors (Lipinski definition) is 2. The van der Waals surface area contributed by atoms with Crippen LogP contribution in [0.1, 0.15) is 38.5 Å². The molecule has 3 N–H and O–H groups in total. The second-order valence-corrected chi connectivity index (χ2v) is 4.80. The van der Waals surface area contributed by atoms with E-state index in [0.717, 1.165) is 19.3 Å². The maximum absolute atomic E-state index is 11.8. The number of rotatable bonds is 6. The second kappa shape index (κ2) is 5.71. The molecule has 1 amide bonds. The number of carbonyl (C=O) groups excluding carboxylic acids is 1. The molecule has 1 aliphatic carbocycles. The summed E-state index contributed by atoms with van der Waals surface area (Å²) >= 11 is 0. The van der Waals surface area contributed by atoms with Gasteiger partial charge in [-0.25, -0.2) is 0 Å². The average molecular weight is 252 g/mol. The monoisotopic (exact) mass is 252 g/mol. The second-order valence-electron chi connectivity index (χ2n) is 4.80. The van der Waals surface area contributed by atoms with Crippen LogP contribution in [0.2, 0.25) is 0 Å². The number of halogens is 3. The lowest BCUT2D eigenvalue weighted by Gasteiger charge is -2.40. The Hall–Kier alpha value is -0.780. The maximum atomic E-state index is 11.8. The van der Waals surface area contributed by atoms with Gasteiger partial charge in [-0.1, -0.05) is 6.42 Å². The van der Waals surface area contributed by atoms with E-state index in [1.165, 1.54) is 0 Å². The fourth-order valence-electron chi connectivity index (χ4n) is 2.05. The van der Waals surface area contributed by atoms with E-state index >= 15 is 0 Å². The first-order valence-electron chi connectivity index (χ1n) is 5.90. The van der Waals surface area contributed by atoms with Crippen LogP contribution in [0.15, 0.2) is 0 Å². The van der Waals surface area contributed by atoms with Crippen molar-refractivity contribution in [2.45, 2.75) is 44.7 Å². The molecule has 1 saturated carbocycles. The number of amides is 1. The third-order valence-electron chi connectivity index (χ3n) is 3.34. The third kappa shape index (κ3) is 4.93. The van der Waals surface area contributed by atoms with Gasteiger partial charge in [0.1, 0.15) is 0 Å². The van der Waals surface area contributed by atoms with Crippen LogP contribution in [0.5, 0.6) is 0 Å². The van der Waals surface area contributed by atoms with Crippen LogP contribution in [0.4, 0.5) is 13.2 Å². The van der Waals surface area contributed by atoms with Crippen molar-refractivity contribution in [1.82, 2.24) is 5.32 Å². The SMILES string of the molecule is NCC1(CC(=O)NCCCC(F)(F)F)CCC1. The Morgan fingerprint density at radius 1 is 1.35 bits per heavy atom. The molecule has 0 aromatic heterocycles. The molecule has 0 bridgehead atoms. The average Bonchev–Trinajstić information content (AvgIpc) is 2.17. The molecule has 0 aromatic carbocycles. The molecule has 1 fully saturated rings. The van der Waals surface area contributed by atoms with Gasteiger partial charge in [-0.05, 0) is 31.2 Å². The summed E-state index contributed by atoms with van der Waals surface area (Å²) in [6.45, 7) is 0.558. The van der Waals surface area contributed by atoms with Crippen LogP contribution in [0.25, 0.3) is 0 Å². The van der Waals surface area contributed by atoms with E-state index in [4.69, 9.17) is 5.73 Å². The fraction of sp³-hybridized carbons (Fsp3) is 0.909. The molecular weight excluding hydrogens is 233 g/mol. The largest absolute Gasteiger partial charge is 0.389 e. The van der Waals surface area contributed by atoms with Crippen molar-refractivity contribution in [2.24, 2.45) is 11.1 Å². The van der Waals surface area contributed by atoms with Crippen molar-refractivity contribution < 1.29 is 18.0 Å². The minimum Gasteiger partial charge on any atom is -0.356 e. The molecule has 0 atom stereocenters. The number of alkyl halides is 3. The van der Waals surface area contributed by atoms with E-state index in [9.17, 15) is 18.0 Å². The quantitative estimate of drug-likeness (QED) is 0.710. The van der Waals surface area contributed by atoms with Gasteiger partial charge in [-0.15, -0.1) is 0 Å². The number of nitrogens with two attached hydrogens (primary N) is 1. The molecule has 0 unspecified atom stereocenters. The van der Waals surface area contributed by atoms with Crippen molar-refractivity contribution in [3.05, 3.63) is 0 Å². The first kappa shape index (κ1) is 14.3. The molecule has 0 spiro atoms. The first-order chi connectivity index (χ1) is 7.87. The van der Waals surface area contributed by atoms with Gasteiger partial charge in [-0.2, -0.15) is 13.2 Å². The van der Waals surface area contributed by atoms with E-state index in [1.807, 2.05) is 0 Å². The van der Waals surface area contributed by atoms with Crippen molar-refractivity contribution >= 4 is 5.91 Å². The lowest BCUT2D eigenvalue weighted by molar-refractivity contribution is -0.136. The lowest BCUT2D eigenvalue weighted by atomic mass is 9.66. The zero-order valence-electron chi connectivity index (χ0n) is 9.78. The van der Waals surface area contributed by atoms with Gasteiger partial charge in [0, 0.05) is 19.4 Å². The molecule has 0 radical (unpaired) electrons. The van der Waals surface area contributed by atoms with Gasteiger partial charge >= 0.3 is 6.18 Å². The van der Waals surface area contributed by atoms with Gasteiger partial charge in [-0.3, -0.25) is 4.79 Å². The van der Waals surface area contributed by atoms with Crippen LogP contribution >= 0.6 is 0 Å². The minimum absolute atomic E-state index is 0.0646. The molecule has 1 aliphatic rings. The van der Waals surface area contributed by atoms with Gasteiger partial charge in [0.15, 0.2) is 0 Å². The van der Waals surface area contributed by atoms with Gasteiger partial charge in [0.2, 0.25) is 5.91 Å². The topological polar surface area (TPSA) is 55.1 Å². The highest BCUT2D eigenvalue weighted by atomic mass is 19.4. The van der Waals surface area contributed by atoms with Gasteiger partial charge in [0.25, 0.3) is 0 Å². The maximum Gasteiger partial charge on any atom is 0.389 e. The summed E-state index contributed by atoms with van der Waals surface area (Å²) in [5, 5.41) is 2.52. The van der Waals surface area contributed by atoms with Crippen LogP contribution < -0.4 is 11.1 Å². The summed E-state index contributed by atoms with van der Waals surface area (Å²) in [5.41, 5.74) is 5.51. The molecule has 0 aromatic rings. The third-order valence-corrected chi connectivity index (χ3v) is 3.34. The smallest absolute Gasteiger partial charge is 0.356 e. The van der Waals surface area contributed by atoms with Crippen LogP contribution in [0.3, 0.4) is 0 Å². The zero-order valence-corrected chi connectivity index (χ0v) is 9.78. The van der Waals surface area contributed by atoms with E-state index in [2.05, 4.69) is 5.32 Å². The summed E-state index contributed by atoms with van der Waals surface area (Å²) in [6.07, 6.45) is -1.75. The van der Waals surface area contributed by atoms with Gasteiger partial charge < -0.3 is 11.1 Å². The molecule has 0 aliphatic heterocycles. The highest BCUT2D eigenvalue weighted by Gasteiger charge is 2.37. The molecule has 100 valence electrons. The zero-order chi connectivity index (χ0) is 12.9. The van der Waals surface area contributed by atoms with Gasteiger partial charge in [0.05, 0.1) is 0 Å². The van der Waals surface area contributed by atoms with Crippen molar-refractivity contribution in [3.8, 4) is 0 Å². The Morgan fingerprint density at radius 3 is 2.41 bits per heavy atom. The van der Waals surface area contributed by atoms with Crippen LogP contribution in [-0.4, -0.2) is 25.2 Å². The van der Waals surface area contributed by atoms with Crippen molar-refractivity contribution in [2.75, 3.05) is 13.1 Å². The highest BCUT2D eigenvalue weighted by molar-refractivity contribution is 5.76. The molecule has 17 heavy (non-hydrogen) atoms. The molecule has 0 saturated heterocycles. The van der Waals surface area contributed by atoms with E-state index < -0.39 is 12.6 Å². The Balaban J connectivity index is 2.13. The standard InChI is InChI=1S/C11H19F3N2O/c12-11(13,14)5-2-6-16-9(17)7-10(8-15)3-1-4-10/h1-8,15H2,(H,16,17). The number of hydrogen-bond donors (Lipinski definition) is 2. The molecule has 0 heterocycles. The fourth-order valence-corrected chi connectivity index (χ4v) is 2.05. The van der Waals surface area contributed by atoms with E-state index in [1.54, 1.807) is 0 Å². The normalized spacial score (nSPS) is 18.6. The lowest BCUT2D eigenvalue weighted by Crippen LogP contribution is -2.42. The minimum atomic E-state index is -4.14. The van der Waals surface area contributed by atoms with Crippen LogP contribution in [0, 0.1) is 5.41 Å². The Kier molecular flexibility index (Phi) is 4.80. The van der Waals surface area contributed by atoms with Crippen molar-refractivity contribution in [1.29, 1.82) is 0 Å². The predicted molar refractivity (Wildman–Crippen MR) is 58.3 cm³/mol. The molecule has 6 heteroatoms. The summed E-state index contributed by atoms with van der Waals surface area (Å²) in [7, 11) is 0. The Morgan fingerprint density at radius 2 is 2.00 bits per heavy atom. The Bertz CT molecular complexity index is 256. The molecule has 1 rings (SSSR count). The number of carbonyl (C=O) groups is 1. The molecule has 3 nitrogen and oxygen atoms in total. The van der Waals surface area contributed by atoms with Crippen molar-refractivity contribution in [3.63, 3.8) is 0 Å². The summed E-state index contributed by atoms with van der Waals surface area (Å²) in [6, 6.07) is 0. The Labute approximate surface area is 98.9 Å². The summed E-state index contributed by atoms with van der Waals surface area (Å²) < 4.78 is 35.5. The van der Waals surface area contributed by atoms with E-state index in [0.29, 0.717) is 13.0 Å². The highest BCUT2D eigenvalue weighted by Crippen LogP contribution is 2.42. The summed E-state index contributed by atoms with van der Waals surface area (Å²) in [4.78, 5) is 11.5.